The molecule has 0 unspecified atom stereocenters. The Morgan fingerprint density at radius 3 is 2.19 bits per heavy atom. The van der Waals surface area contributed by atoms with Crippen LogP contribution in [0.25, 0.3) is 0 Å². The second kappa shape index (κ2) is 6.97. The molecule has 0 radical (unpaired) electrons. The van der Waals surface area contributed by atoms with E-state index in [4.69, 9.17) is 0 Å². The third kappa shape index (κ3) is 3.41. The fourth-order valence-corrected chi connectivity index (χ4v) is 5.32. The molecule has 1 aliphatic heterocycles. The molecule has 0 atom stereocenters. The number of amides is 1. The molecule has 26 heavy (non-hydrogen) atoms. The van der Waals surface area contributed by atoms with Crippen molar-refractivity contribution in [2.24, 2.45) is 5.41 Å². The first-order valence-electron chi connectivity index (χ1n) is 9.62. The minimum absolute atomic E-state index is 0.0682. The van der Waals surface area contributed by atoms with Crippen molar-refractivity contribution in [2.75, 3.05) is 17.2 Å². The molecule has 1 saturated heterocycles. The normalized spacial score (nSPS) is 29.5. The largest absolute Gasteiger partial charge is 0.390 e. The zero-order chi connectivity index (χ0) is 19.0. The lowest BCUT2D eigenvalue weighted by molar-refractivity contribution is -0.130. The van der Waals surface area contributed by atoms with E-state index < -0.39 is 15.4 Å². The first-order valence-corrected chi connectivity index (χ1v) is 11.3. The van der Waals surface area contributed by atoms with Gasteiger partial charge in [0.25, 0.3) is 0 Å². The van der Waals surface area contributed by atoms with Gasteiger partial charge in [-0.3, -0.25) is 4.79 Å². The molecule has 0 bridgehead atoms. The van der Waals surface area contributed by atoms with Gasteiger partial charge in [0.15, 0.2) is 9.84 Å². The lowest BCUT2D eigenvalue weighted by Gasteiger charge is -2.41. The summed E-state index contributed by atoms with van der Waals surface area (Å²) >= 11 is 0. The van der Waals surface area contributed by atoms with Gasteiger partial charge in [-0.2, -0.15) is 0 Å². The highest BCUT2D eigenvalue weighted by molar-refractivity contribution is 7.91. The highest BCUT2D eigenvalue weighted by Gasteiger charge is 2.51. The van der Waals surface area contributed by atoms with Crippen LogP contribution in [-0.2, 0) is 14.6 Å². The Morgan fingerprint density at radius 2 is 1.65 bits per heavy atom. The Balaban J connectivity index is 1.74. The number of benzene rings is 1. The number of hydrogen-bond donors (Lipinski definition) is 1. The zero-order valence-electron chi connectivity index (χ0n) is 15.7. The first-order chi connectivity index (χ1) is 12.3. The van der Waals surface area contributed by atoms with Crippen molar-refractivity contribution >= 4 is 21.4 Å². The number of carbonyl (C=O) groups excluding carboxylic acids is 1. The summed E-state index contributed by atoms with van der Waals surface area (Å²) in [4.78, 5) is 15.2. The fourth-order valence-electron chi connectivity index (χ4n) is 4.44. The second-order valence-electron chi connectivity index (χ2n) is 7.86. The third-order valence-electron chi connectivity index (χ3n) is 6.25. The van der Waals surface area contributed by atoms with Gasteiger partial charge in [-0.1, -0.05) is 20.3 Å². The van der Waals surface area contributed by atoms with Crippen molar-refractivity contribution in [1.82, 2.24) is 0 Å². The highest BCUT2D eigenvalue weighted by Crippen LogP contribution is 2.49. The molecule has 1 aliphatic carbocycles. The molecular formula is C20H29NO4S. The van der Waals surface area contributed by atoms with Gasteiger partial charge in [0, 0.05) is 12.2 Å². The van der Waals surface area contributed by atoms with E-state index in [0.29, 0.717) is 24.3 Å². The maximum Gasteiger partial charge on any atom is 0.233 e. The van der Waals surface area contributed by atoms with Gasteiger partial charge in [-0.25, -0.2) is 8.42 Å². The van der Waals surface area contributed by atoms with E-state index in [1.807, 2.05) is 0 Å². The summed E-state index contributed by atoms with van der Waals surface area (Å²) < 4.78 is 23.9. The van der Waals surface area contributed by atoms with Crippen molar-refractivity contribution < 1.29 is 18.3 Å². The van der Waals surface area contributed by atoms with Crippen LogP contribution < -0.4 is 4.90 Å². The number of anilines is 1. The van der Waals surface area contributed by atoms with Crippen LogP contribution in [0.15, 0.2) is 29.2 Å². The molecule has 0 aromatic heterocycles. The van der Waals surface area contributed by atoms with Crippen LogP contribution in [0.3, 0.4) is 0 Å². The molecule has 1 spiro atoms. The number of aliphatic hydroxyl groups is 1. The molecule has 1 saturated carbocycles. The molecule has 6 heteroatoms. The lowest BCUT2D eigenvalue weighted by atomic mass is 9.67. The van der Waals surface area contributed by atoms with Gasteiger partial charge in [0.2, 0.25) is 5.91 Å². The van der Waals surface area contributed by atoms with Gasteiger partial charge in [-0.15, -0.1) is 0 Å². The van der Waals surface area contributed by atoms with Gasteiger partial charge in [0.1, 0.15) is 0 Å². The van der Waals surface area contributed by atoms with Crippen LogP contribution in [0.5, 0.6) is 0 Å². The molecule has 3 rings (SSSR count). The van der Waals surface area contributed by atoms with Crippen LogP contribution in [-0.4, -0.2) is 37.3 Å². The number of sulfone groups is 1. The average Bonchev–Trinajstić information content (AvgIpc) is 2.95. The van der Waals surface area contributed by atoms with Crippen molar-refractivity contribution in [1.29, 1.82) is 0 Å². The molecule has 1 aromatic rings. The van der Waals surface area contributed by atoms with E-state index in [2.05, 4.69) is 6.92 Å². The second-order valence-corrected chi connectivity index (χ2v) is 10.1. The molecule has 2 fully saturated rings. The van der Waals surface area contributed by atoms with Gasteiger partial charge in [0.05, 0.1) is 21.7 Å². The van der Waals surface area contributed by atoms with Crippen molar-refractivity contribution in [3.63, 3.8) is 0 Å². The summed E-state index contributed by atoms with van der Waals surface area (Å²) in [5, 5.41) is 10.6. The molecule has 5 nitrogen and oxygen atoms in total. The quantitative estimate of drug-likeness (QED) is 0.852. The Labute approximate surface area is 156 Å². The summed E-state index contributed by atoms with van der Waals surface area (Å²) in [6, 6.07) is 6.64. The van der Waals surface area contributed by atoms with E-state index in [1.54, 1.807) is 36.1 Å². The van der Waals surface area contributed by atoms with Crippen molar-refractivity contribution in [3.05, 3.63) is 24.3 Å². The van der Waals surface area contributed by atoms with E-state index >= 15 is 0 Å². The van der Waals surface area contributed by atoms with Crippen molar-refractivity contribution in [2.45, 2.75) is 69.3 Å². The smallest absolute Gasteiger partial charge is 0.233 e. The maximum absolute atomic E-state index is 13.1. The standard InChI is InChI=1S/C20H29NO4S/c1-3-9-20(23)12-10-19(11-13-20)14-15-21(18(19)22)16-5-7-17(8-6-16)26(24,25)4-2/h5-8,23H,3-4,9-15H2,1-2H3. The minimum Gasteiger partial charge on any atom is -0.390 e. The summed E-state index contributed by atoms with van der Waals surface area (Å²) in [5.41, 5.74) is -0.200. The maximum atomic E-state index is 13.1. The molecule has 144 valence electrons. The summed E-state index contributed by atoms with van der Waals surface area (Å²) in [6.45, 7) is 4.36. The van der Waals surface area contributed by atoms with Gasteiger partial charge in [-0.05, 0) is 62.8 Å². The van der Waals surface area contributed by atoms with Crippen LogP contribution in [0.4, 0.5) is 5.69 Å². The molecule has 1 amide bonds. The molecule has 1 aromatic carbocycles. The lowest BCUT2D eigenvalue weighted by Crippen LogP contribution is -2.43. The predicted molar refractivity (Wildman–Crippen MR) is 102 cm³/mol. The highest BCUT2D eigenvalue weighted by atomic mass is 32.2. The zero-order valence-corrected chi connectivity index (χ0v) is 16.5. The number of carbonyl (C=O) groups is 1. The fraction of sp³-hybridized carbons (Fsp3) is 0.650. The molecule has 1 heterocycles. The van der Waals surface area contributed by atoms with Crippen molar-refractivity contribution in [3.8, 4) is 0 Å². The van der Waals surface area contributed by atoms with E-state index in [0.717, 1.165) is 37.8 Å². The van der Waals surface area contributed by atoms with E-state index in [-0.39, 0.29) is 17.1 Å². The molecule has 2 aliphatic rings. The predicted octanol–water partition coefficient (Wildman–Crippen LogP) is 3.31. The van der Waals surface area contributed by atoms with E-state index in [1.165, 1.54) is 0 Å². The Kier molecular flexibility index (Phi) is 5.19. The number of nitrogens with zero attached hydrogens (tertiary/aromatic N) is 1. The third-order valence-corrected chi connectivity index (χ3v) is 8.00. The monoisotopic (exact) mass is 379 g/mol. The molecule has 1 N–H and O–H groups in total. The summed E-state index contributed by atoms with van der Waals surface area (Å²) in [7, 11) is -3.23. The van der Waals surface area contributed by atoms with Crippen LogP contribution in [0.2, 0.25) is 0 Å². The SMILES string of the molecule is CCCC1(O)CCC2(CCN(c3ccc(S(=O)(=O)CC)cc3)C2=O)CC1. The Bertz CT molecular complexity index is 762. The first kappa shape index (κ1) is 19.4. The summed E-state index contributed by atoms with van der Waals surface area (Å²) in [6.07, 6.45) is 5.42. The number of hydrogen-bond acceptors (Lipinski definition) is 4. The molecular weight excluding hydrogens is 350 g/mol. The Hall–Kier alpha value is -1.40. The minimum atomic E-state index is -3.23. The summed E-state index contributed by atoms with van der Waals surface area (Å²) in [5.74, 6) is 0.195. The number of rotatable bonds is 5. The van der Waals surface area contributed by atoms with Crippen LogP contribution >= 0.6 is 0 Å². The van der Waals surface area contributed by atoms with Gasteiger partial charge >= 0.3 is 0 Å². The topological polar surface area (TPSA) is 74.7 Å². The van der Waals surface area contributed by atoms with Gasteiger partial charge < -0.3 is 10.0 Å². The van der Waals surface area contributed by atoms with E-state index in [9.17, 15) is 18.3 Å². The van der Waals surface area contributed by atoms with Crippen LogP contribution in [0.1, 0.15) is 58.8 Å². The average molecular weight is 380 g/mol. The van der Waals surface area contributed by atoms with Crippen LogP contribution in [0, 0.1) is 5.41 Å². The Morgan fingerprint density at radius 1 is 1.04 bits per heavy atom.